The molecule has 1 aromatic heterocycles. The first-order chi connectivity index (χ1) is 14.2. The molecule has 0 radical (unpaired) electrons. The Balaban J connectivity index is 1.86. The van der Waals surface area contributed by atoms with Crippen molar-refractivity contribution in [3.8, 4) is 0 Å². The van der Waals surface area contributed by atoms with E-state index >= 15 is 0 Å². The Morgan fingerprint density at radius 1 is 1.03 bits per heavy atom. The number of rotatable bonds is 6. The van der Waals surface area contributed by atoms with Crippen LogP contribution in [0.4, 0.5) is 10.2 Å². The van der Waals surface area contributed by atoms with E-state index in [2.05, 4.69) is 10.3 Å². The summed E-state index contributed by atoms with van der Waals surface area (Å²) in [6, 6.07) is 11.7. The number of aromatic nitrogens is 1. The van der Waals surface area contributed by atoms with Crippen LogP contribution in [0.2, 0.25) is 10.0 Å². The number of halogens is 3. The van der Waals surface area contributed by atoms with Gasteiger partial charge in [-0.15, -0.1) is 0 Å². The number of anilines is 1. The number of carbonyl (C=O) groups excluding carboxylic acids is 2. The molecular formula is C22H16Cl2FN3O2. The number of pyridine rings is 1. The van der Waals surface area contributed by atoms with E-state index in [-0.39, 0.29) is 29.1 Å². The molecule has 0 atom stereocenters. The third-order valence-electron chi connectivity index (χ3n) is 4.34. The molecule has 0 fully saturated rings. The molecular weight excluding hydrogens is 428 g/mol. The smallest absolute Gasteiger partial charge is 0.257 e. The summed E-state index contributed by atoms with van der Waals surface area (Å²) in [5, 5.41) is 10.9. The first-order valence-corrected chi connectivity index (χ1v) is 9.60. The number of Topliss-reactive ketones (excluding diaryl/α,β-unsaturated/α-hetero) is 1. The molecule has 1 amide bonds. The zero-order chi connectivity index (χ0) is 21.8. The predicted octanol–water partition coefficient (Wildman–Crippen LogP) is 5.59. The van der Waals surface area contributed by atoms with Crippen molar-refractivity contribution in [1.29, 1.82) is 5.41 Å². The Hall–Kier alpha value is -3.09. The van der Waals surface area contributed by atoms with E-state index in [0.29, 0.717) is 21.2 Å². The highest BCUT2D eigenvalue weighted by Crippen LogP contribution is 2.21. The lowest BCUT2D eigenvalue weighted by Gasteiger charge is -2.11. The van der Waals surface area contributed by atoms with Crippen molar-refractivity contribution in [2.75, 3.05) is 5.32 Å². The van der Waals surface area contributed by atoms with Crippen molar-refractivity contribution in [3.05, 3.63) is 92.8 Å². The Morgan fingerprint density at radius 2 is 1.77 bits per heavy atom. The second kappa shape index (κ2) is 9.15. The molecule has 3 rings (SSSR count). The highest BCUT2D eigenvalue weighted by molar-refractivity contribution is 6.31. The number of hydrogen-bond acceptors (Lipinski definition) is 4. The molecule has 5 nitrogen and oxygen atoms in total. The maximum absolute atomic E-state index is 14.4. The van der Waals surface area contributed by atoms with Crippen LogP contribution < -0.4 is 5.32 Å². The summed E-state index contributed by atoms with van der Waals surface area (Å²) >= 11 is 11.8. The maximum atomic E-state index is 14.4. The molecule has 0 saturated carbocycles. The van der Waals surface area contributed by atoms with Crippen LogP contribution in [0.25, 0.3) is 0 Å². The molecule has 0 spiro atoms. The van der Waals surface area contributed by atoms with Crippen LogP contribution in [0.15, 0.2) is 54.7 Å². The summed E-state index contributed by atoms with van der Waals surface area (Å²) in [7, 11) is 0. The monoisotopic (exact) mass is 443 g/mol. The number of hydrogen-bond donors (Lipinski definition) is 2. The number of benzene rings is 2. The van der Waals surface area contributed by atoms with Crippen LogP contribution in [0, 0.1) is 11.2 Å². The highest BCUT2D eigenvalue weighted by Gasteiger charge is 2.19. The normalized spacial score (nSPS) is 10.5. The minimum atomic E-state index is -0.713. The van der Waals surface area contributed by atoms with Crippen LogP contribution in [0.5, 0.6) is 0 Å². The van der Waals surface area contributed by atoms with E-state index in [1.54, 1.807) is 18.2 Å². The van der Waals surface area contributed by atoms with E-state index in [1.807, 2.05) is 0 Å². The fourth-order valence-electron chi connectivity index (χ4n) is 2.79. The average molecular weight is 444 g/mol. The van der Waals surface area contributed by atoms with Gasteiger partial charge in [-0.25, -0.2) is 9.37 Å². The summed E-state index contributed by atoms with van der Waals surface area (Å²) in [6.07, 6.45) is 1.19. The average Bonchev–Trinajstić information content (AvgIpc) is 2.70. The van der Waals surface area contributed by atoms with Gasteiger partial charge in [-0.1, -0.05) is 35.3 Å². The van der Waals surface area contributed by atoms with E-state index in [9.17, 15) is 14.0 Å². The van der Waals surface area contributed by atoms with E-state index < -0.39 is 17.5 Å². The van der Waals surface area contributed by atoms with Crippen LogP contribution >= 0.6 is 23.2 Å². The molecule has 0 aliphatic carbocycles. The van der Waals surface area contributed by atoms with Crippen LogP contribution in [-0.4, -0.2) is 22.4 Å². The first-order valence-electron chi connectivity index (χ1n) is 8.84. The molecule has 0 bridgehead atoms. The van der Waals surface area contributed by atoms with E-state index in [4.69, 9.17) is 28.6 Å². The van der Waals surface area contributed by atoms with E-state index in [0.717, 1.165) is 6.07 Å². The molecule has 0 aliphatic heterocycles. The van der Waals surface area contributed by atoms with E-state index in [1.165, 1.54) is 37.4 Å². The highest BCUT2D eigenvalue weighted by atomic mass is 35.5. The zero-order valence-corrected chi connectivity index (χ0v) is 17.3. The summed E-state index contributed by atoms with van der Waals surface area (Å²) in [5.74, 6) is -1.44. The quantitative estimate of drug-likeness (QED) is 0.384. The minimum Gasteiger partial charge on any atom is -0.307 e. The Kier molecular flexibility index (Phi) is 6.59. The number of carbonyl (C=O) groups is 2. The molecule has 3 aromatic rings. The lowest BCUT2D eigenvalue weighted by molar-refractivity contribution is 0.0988. The van der Waals surface area contributed by atoms with Gasteiger partial charge in [0.15, 0.2) is 5.78 Å². The van der Waals surface area contributed by atoms with Gasteiger partial charge >= 0.3 is 0 Å². The summed E-state index contributed by atoms with van der Waals surface area (Å²) in [6.45, 7) is 1.53. The molecule has 2 aromatic carbocycles. The van der Waals surface area contributed by atoms with Crippen LogP contribution in [0.3, 0.4) is 0 Å². The van der Waals surface area contributed by atoms with Crippen molar-refractivity contribution in [1.82, 2.24) is 4.98 Å². The third-order valence-corrected chi connectivity index (χ3v) is 4.80. The van der Waals surface area contributed by atoms with Gasteiger partial charge in [0.1, 0.15) is 11.6 Å². The predicted molar refractivity (Wildman–Crippen MR) is 116 cm³/mol. The number of ketones is 1. The summed E-state index contributed by atoms with van der Waals surface area (Å²) < 4.78 is 14.4. The van der Waals surface area contributed by atoms with Gasteiger partial charge in [0.25, 0.3) is 5.91 Å². The maximum Gasteiger partial charge on any atom is 0.257 e. The van der Waals surface area contributed by atoms with Crippen molar-refractivity contribution < 1.29 is 14.0 Å². The molecule has 0 unspecified atom stereocenters. The van der Waals surface area contributed by atoms with Gasteiger partial charge < -0.3 is 10.7 Å². The fraction of sp³-hybridized carbons (Fsp3) is 0.0909. The van der Waals surface area contributed by atoms with Crippen LogP contribution in [0.1, 0.15) is 38.8 Å². The Bertz CT molecular complexity index is 1150. The lowest BCUT2D eigenvalue weighted by atomic mass is 9.97. The topological polar surface area (TPSA) is 82.9 Å². The van der Waals surface area contributed by atoms with Gasteiger partial charge in [-0.2, -0.15) is 0 Å². The third kappa shape index (κ3) is 5.09. The molecule has 1 heterocycles. The standard InChI is InChI=1S/C22H16Cl2FN3O2/c1-12(26)13-3-6-17(19(25)8-13)20(29)9-14-2-4-15(23)10-18(14)22(30)28-21-7-5-16(24)11-27-21/h2-8,10-11,26H,9H2,1H3,(H,27,28,30). The molecule has 8 heteroatoms. The van der Waals surface area contributed by atoms with Gasteiger partial charge in [-0.05, 0) is 54.4 Å². The first kappa shape index (κ1) is 21.6. The number of nitrogens with one attached hydrogen (secondary N) is 2. The number of amides is 1. The molecule has 0 aliphatic rings. The molecule has 0 saturated heterocycles. The largest absolute Gasteiger partial charge is 0.307 e. The molecule has 2 N–H and O–H groups in total. The molecule has 30 heavy (non-hydrogen) atoms. The van der Waals surface area contributed by atoms with Crippen molar-refractivity contribution >= 4 is 46.4 Å². The fourth-order valence-corrected chi connectivity index (χ4v) is 3.07. The van der Waals surface area contributed by atoms with Gasteiger partial charge in [0.2, 0.25) is 0 Å². The minimum absolute atomic E-state index is 0.110. The Labute approximate surface area is 182 Å². The second-order valence-electron chi connectivity index (χ2n) is 6.54. The summed E-state index contributed by atoms with van der Waals surface area (Å²) in [4.78, 5) is 29.4. The van der Waals surface area contributed by atoms with Gasteiger partial charge in [0.05, 0.1) is 10.6 Å². The molecule has 152 valence electrons. The van der Waals surface area contributed by atoms with Crippen molar-refractivity contribution in [2.45, 2.75) is 13.3 Å². The number of nitrogens with zero attached hydrogens (tertiary/aromatic N) is 1. The van der Waals surface area contributed by atoms with Crippen molar-refractivity contribution in [2.24, 2.45) is 0 Å². The Morgan fingerprint density at radius 3 is 2.40 bits per heavy atom. The zero-order valence-electron chi connectivity index (χ0n) is 15.8. The van der Waals surface area contributed by atoms with Crippen LogP contribution in [-0.2, 0) is 6.42 Å². The SMILES string of the molecule is CC(=N)c1ccc(C(=O)Cc2ccc(Cl)cc2C(=O)Nc2ccc(Cl)cn2)c(F)c1. The summed E-state index contributed by atoms with van der Waals surface area (Å²) in [5.41, 5.74) is 1.05. The second-order valence-corrected chi connectivity index (χ2v) is 7.41. The lowest BCUT2D eigenvalue weighted by Crippen LogP contribution is -2.17. The van der Waals surface area contributed by atoms with Gasteiger partial charge in [-0.3, -0.25) is 9.59 Å². The van der Waals surface area contributed by atoms with Crippen molar-refractivity contribution in [3.63, 3.8) is 0 Å². The van der Waals surface area contributed by atoms with Gasteiger partial charge in [0, 0.05) is 28.9 Å².